The third kappa shape index (κ3) is 9.47. The lowest BCUT2D eigenvalue weighted by Crippen LogP contribution is -2.47. The van der Waals surface area contributed by atoms with Crippen molar-refractivity contribution < 1.29 is 28.7 Å². The molecule has 0 radical (unpaired) electrons. The molecule has 0 spiro atoms. The molecule has 2 N–H and O–H groups in total. The van der Waals surface area contributed by atoms with Crippen LogP contribution < -0.4 is 5.32 Å². The van der Waals surface area contributed by atoms with Crippen molar-refractivity contribution in [1.29, 1.82) is 0 Å². The number of Topliss-reactive ketones (excluding diaryl/α,β-unsaturated/α-hetero) is 1. The summed E-state index contributed by atoms with van der Waals surface area (Å²) in [5.41, 5.74) is 5.86. The van der Waals surface area contributed by atoms with Crippen LogP contribution in [0.3, 0.4) is 0 Å². The smallest absolute Gasteiger partial charge is 0.307 e. The van der Waals surface area contributed by atoms with Gasteiger partial charge in [0.2, 0.25) is 17.7 Å². The summed E-state index contributed by atoms with van der Waals surface area (Å²) in [6.07, 6.45) is 2.47. The van der Waals surface area contributed by atoms with E-state index >= 15 is 0 Å². The molecule has 2 fully saturated rings. The molecule has 0 saturated carbocycles. The number of likely N-dealkylation sites (N-methyl/N-ethyl adjacent to an activating group) is 1. The Bertz CT molecular complexity index is 2290. The lowest BCUT2D eigenvalue weighted by Gasteiger charge is -2.31. The number of nitrogens with zero attached hydrogens (tertiary/aromatic N) is 3. The summed E-state index contributed by atoms with van der Waals surface area (Å²) in [6.45, 7) is 4.56. The molecule has 3 amide bonds. The first-order valence-corrected chi connectivity index (χ1v) is 20.6. The Labute approximate surface area is 345 Å². The zero-order valence-electron chi connectivity index (χ0n) is 34.2. The molecule has 306 valence electrons. The van der Waals surface area contributed by atoms with Crippen LogP contribution in [-0.2, 0) is 35.1 Å². The van der Waals surface area contributed by atoms with Crippen molar-refractivity contribution in [2.24, 2.45) is 0 Å². The first kappa shape index (κ1) is 41.1. The lowest BCUT2D eigenvalue weighted by molar-refractivity contribution is -0.150. The van der Waals surface area contributed by atoms with E-state index in [0.717, 1.165) is 45.3 Å². The van der Waals surface area contributed by atoms with Crippen LogP contribution in [0.1, 0.15) is 74.6 Å². The predicted octanol–water partition coefficient (Wildman–Crippen LogP) is 7.30. The SMILES string of the molecule is CC(C)OC(=O)C[C@@H](C(=O)N1CCC[C@H]1C(=O)Cc1ccc2[nH]c(-c3ccc(NC(=O)[C@@H]4CCCN4C(=O)[C@@H](c4ccccc4)N(C)C)cc3)cc2c1)c1ccccc1. The third-order valence-corrected chi connectivity index (χ3v) is 11.4. The van der Waals surface area contributed by atoms with Crippen LogP contribution in [0.5, 0.6) is 0 Å². The molecular formula is C48H53N5O6. The molecule has 2 saturated heterocycles. The lowest BCUT2D eigenvalue weighted by atomic mass is 9.93. The first-order valence-electron chi connectivity index (χ1n) is 20.6. The van der Waals surface area contributed by atoms with Gasteiger partial charge in [-0.1, -0.05) is 78.9 Å². The van der Waals surface area contributed by atoms with Gasteiger partial charge < -0.3 is 24.8 Å². The third-order valence-electron chi connectivity index (χ3n) is 11.4. The number of H-pyrrole nitrogens is 1. The number of carbonyl (C=O) groups excluding carboxylic acids is 5. The van der Waals surface area contributed by atoms with Gasteiger partial charge in [-0.05, 0) is 106 Å². The van der Waals surface area contributed by atoms with Gasteiger partial charge >= 0.3 is 5.97 Å². The number of anilines is 1. The van der Waals surface area contributed by atoms with Crippen LogP contribution in [0.4, 0.5) is 5.69 Å². The summed E-state index contributed by atoms with van der Waals surface area (Å²) < 4.78 is 5.40. The highest BCUT2D eigenvalue weighted by atomic mass is 16.5. The number of hydrogen-bond donors (Lipinski definition) is 2. The van der Waals surface area contributed by atoms with Crippen molar-refractivity contribution in [3.8, 4) is 11.3 Å². The molecule has 4 aromatic carbocycles. The fourth-order valence-corrected chi connectivity index (χ4v) is 8.56. The van der Waals surface area contributed by atoms with Gasteiger partial charge in [0.15, 0.2) is 5.78 Å². The van der Waals surface area contributed by atoms with E-state index in [1.165, 1.54) is 0 Å². The number of fused-ring (bicyclic) bond motifs is 1. The van der Waals surface area contributed by atoms with E-state index in [1.807, 2.05) is 128 Å². The van der Waals surface area contributed by atoms with Gasteiger partial charge in [0.05, 0.1) is 24.5 Å². The van der Waals surface area contributed by atoms with Crippen LogP contribution in [0.2, 0.25) is 0 Å². The molecule has 2 aliphatic heterocycles. The van der Waals surface area contributed by atoms with E-state index in [0.29, 0.717) is 38.0 Å². The van der Waals surface area contributed by atoms with Crippen LogP contribution in [0.25, 0.3) is 22.2 Å². The minimum absolute atomic E-state index is 0.0287. The second kappa shape index (κ2) is 18.2. The van der Waals surface area contributed by atoms with Crippen molar-refractivity contribution in [3.05, 3.63) is 126 Å². The molecule has 0 bridgehead atoms. The quantitative estimate of drug-likeness (QED) is 0.113. The maximum atomic E-state index is 14.0. The molecule has 7 rings (SSSR count). The minimum Gasteiger partial charge on any atom is -0.463 e. The number of nitrogens with one attached hydrogen (secondary N) is 2. The molecule has 3 heterocycles. The Hall–Kier alpha value is -6.07. The first-order chi connectivity index (χ1) is 28.5. The number of rotatable bonds is 14. The molecule has 2 aliphatic rings. The highest BCUT2D eigenvalue weighted by molar-refractivity contribution is 5.99. The molecule has 4 atom stereocenters. The van der Waals surface area contributed by atoms with Crippen LogP contribution in [-0.4, -0.2) is 94.5 Å². The van der Waals surface area contributed by atoms with E-state index < -0.39 is 30.0 Å². The molecule has 0 unspecified atom stereocenters. The van der Waals surface area contributed by atoms with Crippen LogP contribution in [0.15, 0.2) is 109 Å². The topological polar surface area (TPSA) is 132 Å². The van der Waals surface area contributed by atoms with Gasteiger partial charge in [0.1, 0.15) is 12.1 Å². The van der Waals surface area contributed by atoms with Gasteiger partial charge in [-0.2, -0.15) is 0 Å². The summed E-state index contributed by atoms with van der Waals surface area (Å²) in [5.74, 6) is -1.70. The molecule has 11 nitrogen and oxygen atoms in total. The molecule has 59 heavy (non-hydrogen) atoms. The van der Waals surface area contributed by atoms with E-state index in [-0.39, 0.29) is 42.5 Å². The number of amides is 3. The second-order valence-electron chi connectivity index (χ2n) is 16.2. The number of hydrogen-bond acceptors (Lipinski definition) is 7. The van der Waals surface area contributed by atoms with E-state index in [4.69, 9.17) is 4.74 Å². The fraction of sp³-hybridized carbons (Fsp3) is 0.354. The fourth-order valence-electron chi connectivity index (χ4n) is 8.56. The average molecular weight is 796 g/mol. The van der Waals surface area contributed by atoms with E-state index in [2.05, 4.69) is 10.3 Å². The summed E-state index contributed by atoms with van der Waals surface area (Å²) >= 11 is 0. The predicted molar refractivity (Wildman–Crippen MR) is 228 cm³/mol. The Morgan fingerprint density at radius 3 is 2.03 bits per heavy atom. The number of ether oxygens (including phenoxy) is 1. The molecular weight excluding hydrogens is 743 g/mol. The summed E-state index contributed by atoms with van der Waals surface area (Å²) in [7, 11) is 3.76. The largest absolute Gasteiger partial charge is 0.463 e. The zero-order valence-corrected chi connectivity index (χ0v) is 34.2. The van der Waals surface area contributed by atoms with Crippen LogP contribution in [0, 0.1) is 0 Å². The van der Waals surface area contributed by atoms with Crippen molar-refractivity contribution >= 4 is 46.1 Å². The van der Waals surface area contributed by atoms with Gasteiger partial charge in [0.25, 0.3) is 0 Å². The number of likely N-dealkylation sites (tertiary alicyclic amines) is 2. The zero-order chi connectivity index (χ0) is 41.6. The number of carbonyl (C=O) groups is 5. The van der Waals surface area contributed by atoms with E-state index in [1.54, 1.807) is 23.6 Å². The monoisotopic (exact) mass is 795 g/mol. The minimum atomic E-state index is -0.731. The summed E-state index contributed by atoms with van der Waals surface area (Å²) in [4.78, 5) is 76.7. The summed E-state index contributed by atoms with van der Waals surface area (Å²) in [6, 6.07) is 32.9. The number of benzene rings is 4. The maximum absolute atomic E-state index is 14.0. The van der Waals surface area contributed by atoms with Crippen molar-refractivity contribution in [1.82, 2.24) is 19.7 Å². The molecule has 11 heteroatoms. The number of aromatic nitrogens is 1. The average Bonchev–Trinajstić information content (AvgIpc) is 4.01. The standard InChI is InChI=1S/C48H53N5O6/c1-31(2)59-44(55)30-38(33-13-7-5-8-14-33)47(57)52-25-11-17-41(52)43(54)28-32-19-24-39-36(27-32)29-40(50-39)34-20-22-37(23-21-34)49-46(56)42-18-12-26-53(42)48(58)45(51(3)4)35-15-9-6-10-16-35/h5-10,13-16,19-24,27,29,31,38,41-42,45,50H,11-12,17-18,25-26,28,30H2,1-4H3,(H,49,56)/t38-,41+,42+,45-/m1/s1. The molecule has 1 aromatic heterocycles. The van der Waals surface area contributed by atoms with Gasteiger partial charge in [0, 0.05) is 41.8 Å². The Morgan fingerprint density at radius 1 is 0.763 bits per heavy atom. The maximum Gasteiger partial charge on any atom is 0.307 e. The molecule has 5 aromatic rings. The van der Waals surface area contributed by atoms with Gasteiger partial charge in [-0.3, -0.25) is 28.9 Å². The van der Waals surface area contributed by atoms with Crippen molar-refractivity contribution in [2.45, 2.75) is 82.5 Å². The number of aromatic amines is 1. The van der Waals surface area contributed by atoms with Gasteiger partial charge in [-0.15, -0.1) is 0 Å². The normalized spacial score (nSPS) is 17.7. The summed E-state index contributed by atoms with van der Waals surface area (Å²) in [5, 5.41) is 3.99. The number of esters is 1. The highest BCUT2D eigenvalue weighted by Gasteiger charge is 2.40. The van der Waals surface area contributed by atoms with Crippen molar-refractivity contribution in [3.63, 3.8) is 0 Å². The highest BCUT2D eigenvalue weighted by Crippen LogP contribution is 2.32. The molecule has 0 aliphatic carbocycles. The van der Waals surface area contributed by atoms with Gasteiger partial charge in [-0.25, -0.2) is 0 Å². The van der Waals surface area contributed by atoms with E-state index in [9.17, 15) is 24.0 Å². The van der Waals surface area contributed by atoms with Crippen molar-refractivity contribution in [2.75, 3.05) is 32.5 Å². The Morgan fingerprint density at radius 2 is 1.39 bits per heavy atom. The Kier molecular flexibility index (Phi) is 12.7. The Balaban J connectivity index is 0.990. The second-order valence-corrected chi connectivity index (χ2v) is 16.2. The number of ketones is 1. The van der Waals surface area contributed by atoms with Crippen LogP contribution >= 0.6 is 0 Å².